The van der Waals surface area contributed by atoms with E-state index in [9.17, 15) is 0 Å². The summed E-state index contributed by atoms with van der Waals surface area (Å²) in [4.78, 5) is 4.21. The lowest BCUT2D eigenvalue weighted by atomic mass is 10.2. The van der Waals surface area contributed by atoms with Crippen molar-refractivity contribution in [2.45, 2.75) is 13.2 Å². The Morgan fingerprint density at radius 1 is 1.14 bits per heavy atom. The minimum atomic E-state index is 0.534. The van der Waals surface area contributed by atoms with E-state index in [-0.39, 0.29) is 0 Å². The lowest BCUT2D eigenvalue weighted by molar-refractivity contribution is 0.303. The van der Waals surface area contributed by atoms with Gasteiger partial charge in [-0.25, -0.2) is 4.98 Å². The first kappa shape index (κ1) is 14.9. The summed E-state index contributed by atoms with van der Waals surface area (Å²) >= 11 is 7.66. The highest BCUT2D eigenvalue weighted by atomic mass is 35.5. The van der Waals surface area contributed by atoms with Crippen molar-refractivity contribution in [2.75, 3.05) is 5.32 Å². The van der Waals surface area contributed by atoms with Crippen LogP contribution in [0, 0.1) is 0 Å². The summed E-state index contributed by atoms with van der Waals surface area (Å²) in [6, 6.07) is 15.8. The summed E-state index contributed by atoms with van der Waals surface area (Å²) < 4.78 is 5.93. The Labute approximate surface area is 138 Å². The Kier molecular flexibility index (Phi) is 4.93. The highest BCUT2D eigenvalue weighted by molar-refractivity contribution is 7.13. The molecule has 0 amide bonds. The van der Waals surface area contributed by atoms with E-state index < -0.39 is 0 Å². The monoisotopic (exact) mass is 330 g/mol. The molecule has 1 heterocycles. The highest BCUT2D eigenvalue weighted by Crippen LogP contribution is 2.25. The molecule has 112 valence electrons. The molecule has 0 aliphatic carbocycles. The van der Waals surface area contributed by atoms with Gasteiger partial charge in [0.1, 0.15) is 12.4 Å². The zero-order valence-electron chi connectivity index (χ0n) is 11.8. The normalized spacial score (nSPS) is 10.4. The Morgan fingerprint density at radius 2 is 2.00 bits per heavy atom. The van der Waals surface area contributed by atoms with Gasteiger partial charge in [-0.05, 0) is 23.8 Å². The molecule has 0 bridgehead atoms. The summed E-state index contributed by atoms with van der Waals surface area (Å²) in [6.07, 6.45) is 1.78. The SMILES string of the molecule is Clc1ccc(OCc2ccccc2)c(CNc2nccs2)c1. The molecule has 3 nitrogen and oxygen atoms in total. The van der Waals surface area contributed by atoms with Crippen molar-refractivity contribution in [1.82, 2.24) is 4.98 Å². The number of thiazole rings is 1. The van der Waals surface area contributed by atoms with Crippen molar-refractivity contribution in [3.05, 3.63) is 76.3 Å². The zero-order valence-corrected chi connectivity index (χ0v) is 13.4. The largest absolute Gasteiger partial charge is 0.489 e. The fourth-order valence-corrected chi connectivity index (χ4v) is 2.77. The van der Waals surface area contributed by atoms with E-state index in [2.05, 4.69) is 10.3 Å². The molecule has 0 aliphatic rings. The number of halogens is 1. The summed E-state index contributed by atoms with van der Waals surface area (Å²) in [5.41, 5.74) is 2.15. The molecule has 5 heteroatoms. The molecule has 22 heavy (non-hydrogen) atoms. The average molecular weight is 331 g/mol. The van der Waals surface area contributed by atoms with Crippen molar-refractivity contribution < 1.29 is 4.74 Å². The summed E-state index contributed by atoms with van der Waals surface area (Å²) in [6.45, 7) is 1.16. The Balaban J connectivity index is 1.70. The van der Waals surface area contributed by atoms with Crippen LogP contribution < -0.4 is 10.1 Å². The van der Waals surface area contributed by atoms with Crippen LogP contribution in [0.15, 0.2) is 60.1 Å². The van der Waals surface area contributed by atoms with E-state index in [0.29, 0.717) is 18.2 Å². The number of hydrogen-bond acceptors (Lipinski definition) is 4. The summed E-state index contributed by atoms with van der Waals surface area (Å²) in [5.74, 6) is 0.831. The minimum absolute atomic E-state index is 0.534. The molecular formula is C17H15ClN2OS. The molecule has 3 aromatic rings. The summed E-state index contributed by atoms with van der Waals surface area (Å²) in [7, 11) is 0. The molecule has 0 unspecified atom stereocenters. The summed E-state index contributed by atoms with van der Waals surface area (Å²) in [5, 5.41) is 6.79. The van der Waals surface area contributed by atoms with Crippen molar-refractivity contribution in [2.24, 2.45) is 0 Å². The second-order valence-electron chi connectivity index (χ2n) is 4.72. The van der Waals surface area contributed by atoms with Crippen LogP contribution in [0.4, 0.5) is 5.13 Å². The van der Waals surface area contributed by atoms with Crippen LogP contribution in [-0.4, -0.2) is 4.98 Å². The molecular weight excluding hydrogens is 316 g/mol. The van der Waals surface area contributed by atoms with E-state index in [0.717, 1.165) is 22.0 Å². The maximum absolute atomic E-state index is 6.10. The first-order valence-corrected chi connectivity index (χ1v) is 8.15. The lowest BCUT2D eigenvalue weighted by Crippen LogP contribution is -2.03. The predicted molar refractivity (Wildman–Crippen MR) is 91.7 cm³/mol. The molecule has 0 spiro atoms. The van der Waals surface area contributed by atoms with E-state index in [1.807, 2.05) is 53.9 Å². The fraction of sp³-hybridized carbons (Fsp3) is 0.118. The Bertz CT molecular complexity index is 717. The second kappa shape index (κ2) is 7.29. The molecule has 0 fully saturated rings. The van der Waals surface area contributed by atoms with E-state index in [1.54, 1.807) is 17.5 Å². The van der Waals surface area contributed by atoms with E-state index >= 15 is 0 Å². The van der Waals surface area contributed by atoms with Crippen LogP contribution in [0.3, 0.4) is 0 Å². The van der Waals surface area contributed by atoms with Gasteiger partial charge in [-0.3, -0.25) is 0 Å². The molecule has 1 N–H and O–H groups in total. The molecule has 3 rings (SSSR count). The number of nitrogens with one attached hydrogen (secondary N) is 1. The predicted octanol–water partition coefficient (Wildman–Crippen LogP) is 4.99. The number of benzene rings is 2. The van der Waals surface area contributed by atoms with Crippen LogP contribution >= 0.6 is 22.9 Å². The standard InChI is InChI=1S/C17H15ClN2OS/c18-15-6-7-16(21-12-13-4-2-1-3-5-13)14(10-15)11-20-17-19-8-9-22-17/h1-10H,11-12H2,(H,19,20). The average Bonchev–Trinajstić information content (AvgIpc) is 3.06. The van der Waals surface area contributed by atoms with Gasteiger partial charge < -0.3 is 10.1 Å². The molecule has 2 aromatic carbocycles. The second-order valence-corrected chi connectivity index (χ2v) is 6.05. The third-order valence-corrected chi connectivity index (χ3v) is 4.09. The van der Waals surface area contributed by atoms with Gasteiger partial charge in [-0.1, -0.05) is 41.9 Å². The number of rotatable bonds is 6. The van der Waals surface area contributed by atoms with Crippen LogP contribution in [0.2, 0.25) is 5.02 Å². The van der Waals surface area contributed by atoms with Crippen LogP contribution in [0.25, 0.3) is 0 Å². The highest BCUT2D eigenvalue weighted by Gasteiger charge is 2.06. The van der Waals surface area contributed by atoms with Gasteiger partial charge in [0.2, 0.25) is 0 Å². The van der Waals surface area contributed by atoms with Crippen LogP contribution in [0.1, 0.15) is 11.1 Å². The molecule has 0 saturated heterocycles. The van der Waals surface area contributed by atoms with Crippen molar-refractivity contribution >= 4 is 28.1 Å². The number of nitrogens with zero attached hydrogens (tertiary/aromatic N) is 1. The molecule has 1 aromatic heterocycles. The van der Waals surface area contributed by atoms with Gasteiger partial charge in [0.25, 0.3) is 0 Å². The maximum atomic E-state index is 6.10. The lowest BCUT2D eigenvalue weighted by Gasteiger charge is -2.12. The number of hydrogen-bond donors (Lipinski definition) is 1. The van der Waals surface area contributed by atoms with E-state index in [4.69, 9.17) is 16.3 Å². The Hall–Kier alpha value is -2.04. The Morgan fingerprint density at radius 3 is 2.77 bits per heavy atom. The molecule has 0 atom stereocenters. The van der Waals surface area contributed by atoms with Gasteiger partial charge in [-0.2, -0.15) is 0 Å². The maximum Gasteiger partial charge on any atom is 0.182 e. The third kappa shape index (κ3) is 4.00. The molecule has 0 saturated carbocycles. The number of aromatic nitrogens is 1. The topological polar surface area (TPSA) is 34.1 Å². The van der Waals surface area contributed by atoms with Gasteiger partial charge in [-0.15, -0.1) is 11.3 Å². The number of ether oxygens (including phenoxy) is 1. The van der Waals surface area contributed by atoms with Crippen molar-refractivity contribution in [1.29, 1.82) is 0 Å². The van der Waals surface area contributed by atoms with Crippen molar-refractivity contribution in [3.63, 3.8) is 0 Å². The van der Waals surface area contributed by atoms with Gasteiger partial charge in [0.05, 0.1) is 0 Å². The van der Waals surface area contributed by atoms with Crippen LogP contribution in [0.5, 0.6) is 5.75 Å². The smallest absolute Gasteiger partial charge is 0.182 e. The van der Waals surface area contributed by atoms with Crippen molar-refractivity contribution in [3.8, 4) is 5.75 Å². The first-order valence-electron chi connectivity index (χ1n) is 6.90. The van der Waals surface area contributed by atoms with Crippen LogP contribution in [-0.2, 0) is 13.2 Å². The first-order chi connectivity index (χ1) is 10.8. The quantitative estimate of drug-likeness (QED) is 0.691. The molecule has 0 aliphatic heterocycles. The minimum Gasteiger partial charge on any atom is -0.489 e. The van der Waals surface area contributed by atoms with Gasteiger partial charge >= 0.3 is 0 Å². The zero-order chi connectivity index (χ0) is 15.2. The third-order valence-electron chi connectivity index (χ3n) is 3.12. The van der Waals surface area contributed by atoms with Gasteiger partial charge in [0.15, 0.2) is 5.13 Å². The van der Waals surface area contributed by atoms with Gasteiger partial charge in [0, 0.05) is 28.7 Å². The fourth-order valence-electron chi connectivity index (χ4n) is 2.04. The molecule has 0 radical (unpaired) electrons. The van der Waals surface area contributed by atoms with E-state index in [1.165, 1.54) is 0 Å². The number of anilines is 1.